The lowest BCUT2D eigenvalue weighted by Crippen LogP contribution is -2.44. The molecule has 0 bridgehead atoms. The molecule has 0 radical (unpaired) electrons. The van der Waals surface area contributed by atoms with Crippen molar-refractivity contribution in [2.75, 3.05) is 0 Å². The van der Waals surface area contributed by atoms with Gasteiger partial charge in [-0.05, 0) is 98.6 Å². The molecule has 5 nitrogen and oxygen atoms in total. The maximum Gasteiger partial charge on any atom is 0.250 e. The van der Waals surface area contributed by atoms with E-state index in [1.54, 1.807) is 12.1 Å². The Morgan fingerprint density at radius 1 is 0.769 bits per heavy atom. The second kappa shape index (κ2) is 11.3. The molecule has 0 spiro atoms. The van der Waals surface area contributed by atoms with Gasteiger partial charge in [0.25, 0.3) is 0 Å². The molecule has 0 saturated heterocycles. The van der Waals surface area contributed by atoms with Crippen LogP contribution in [0.25, 0.3) is 0 Å². The average Bonchev–Trinajstić information content (AvgIpc) is 2.78. The van der Waals surface area contributed by atoms with Gasteiger partial charge in [0.2, 0.25) is 26.7 Å². The second-order valence-corrected chi connectivity index (χ2v) is 25.6. The molecule has 0 aromatic heterocycles. The van der Waals surface area contributed by atoms with Crippen molar-refractivity contribution in [3.05, 3.63) is 53.6 Å². The van der Waals surface area contributed by atoms with Crippen LogP contribution in [-0.4, -0.2) is 31.1 Å². The van der Waals surface area contributed by atoms with E-state index in [2.05, 4.69) is 90.7 Å². The first-order valence-corrected chi connectivity index (χ1v) is 21.6. The van der Waals surface area contributed by atoms with Crippen molar-refractivity contribution >= 4 is 26.7 Å². The van der Waals surface area contributed by atoms with Crippen molar-refractivity contribution in [1.82, 2.24) is 4.72 Å². The van der Waals surface area contributed by atoms with E-state index in [1.165, 1.54) is 5.56 Å². The van der Waals surface area contributed by atoms with Crippen molar-refractivity contribution in [2.24, 2.45) is 0 Å². The molecule has 0 heterocycles. The summed E-state index contributed by atoms with van der Waals surface area (Å²) in [7, 11) is -7.60. The van der Waals surface area contributed by atoms with Crippen molar-refractivity contribution in [2.45, 2.75) is 127 Å². The van der Waals surface area contributed by atoms with Crippen LogP contribution >= 0.6 is 0 Å². The van der Waals surface area contributed by atoms with Crippen molar-refractivity contribution in [3.63, 3.8) is 0 Å². The summed E-state index contributed by atoms with van der Waals surface area (Å²) in [5.74, 6) is 2.16. The molecular formula is C31H51NO4SSi2. The lowest BCUT2D eigenvalue weighted by Gasteiger charge is -2.39. The molecule has 1 aliphatic carbocycles. The lowest BCUT2D eigenvalue weighted by atomic mass is 9.81. The third kappa shape index (κ3) is 7.77. The van der Waals surface area contributed by atoms with E-state index in [4.69, 9.17) is 8.85 Å². The van der Waals surface area contributed by atoms with E-state index >= 15 is 0 Å². The summed E-state index contributed by atoms with van der Waals surface area (Å²) in [6.45, 7) is 24.6. The number of hydrogen-bond donors (Lipinski definition) is 1. The smallest absolute Gasteiger partial charge is 0.250 e. The van der Waals surface area contributed by atoms with Crippen LogP contribution in [-0.2, 0) is 10.0 Å². The minimum absolute atomic E-state index is 0.0569. The fraction of sp³-hybridized carbons (Fsp3) is 0.613. The molecule has 0 aliphatic heterocycles. The van der Waals surface area contributed by atoms with Gasteiger partial charge in [-0.15, -0.1) is 0 Å². The molecular weight excluding hydrogens is 539 g/mol. The van der Waals surface area contributed by atoms with Crippen LogP contribution in [0.5, 0.6) is 11.5 Å². The van der Waals surface area contributed by atoms with Crippen LogP contribution in [0.1, 0.15) is 84.3 Å². The summed E-state index contributed by atoms with van der Waals surface area (Å²) in [6.07, 6.45) is 3.43. The normalized spacial score (nSPS) is 19.6. The number of rotatable bonds is 8. The molecule has 218 valence electrons. The van der Waals surface area contributed by atoms with E-state index < -0.39 is 26.7 Å². The van der Waals surface area contributed by atoms with Gasteiger partial charge < -0.3 is 8.85 Å². The number of aryl methyl sites for hydroxylation is 1. The monoisotopic (exact) mass is 589 g/mol. The van der Waals surface area contributed by atoms with Gasteiger partial charge in [0.1, 0.15) is 11.5 Å². The quantitative estimate of drug-likeness (QED) is 0.313. The molecule has 8 heteroatoms. The van der Waals surface area contributed by atoms with Gasteiger partial charge in [-0.3, -0.25) is 0 Å². The van der Waals surface area contributed by atoms with E-state index in [0.717, 1.165) is 42.7 Å². The van der Waals surface area contributed by atoms with Crippen LogP contribution in [0.4, 0.5) is 0 Å². The van der Waals surface area contributed by atoms with E-state index in [9.17, 15) is 8.42 Å². The second-order valence-electron chi connectivity index (χ2n) is 14.4. The van der Waals surface area contributed by atoms with E-state index in [1.807, 2.05) is 19.1 Å². The zero-order valence-electron chi connectivity index (χ0n) is 26.1. The predicted molar refractivity (Wildman–Crippen MR) is 169 cm³/mol. The van der Waals surface area contributed by atoms with Crippen LogP contribution in [0, 0.1) is 6.92 Å². The van der Waals surface area contributed by atoms with Gasteiger partial charge in [-0.1, -0.05) is 65.3 Å². The van der Waals surface area contributed by atoms with E-state index in [0.29, 0.717) is 10.8 Å². The van der Waals surface area contributed by atoms with Crippen LogP contribution in [0.15, 0.2) is 47.4 Å². The Hall–Kier alpha value is -1.62. The zero-order valence-corrected chi connectivity index (χ0v) is 28.9. The highest BCUT2D eigenvalue weighted by Gasteiger charge is 2.41. The Bertz CT molecular complexity index is 1230. The fourth-order valence-electron chi connectivity index (χ4n) is 4.41. The third-order valence-corrected chi connectivity index (χ3v) is 19.4. The molecule has 0 amide bonds. The fourth-order valence-corrected chi connectivity index (χ4v) is 7.77. The lowest BCUT2D eigenvalue weighted by molar-refractivity contribution is 0.367. The Labute approximate surface area is 240 Å². The number of sulfonamides is 1. The summed E-state index contributed by atoms with van der Waals surface area (Å²) >= 11 is 0. The van der Waals surface area contributed by atoms with Gasteiger partial charge in [-0.2, -0.15) is 0 Å². The predicted octanol–water partition coefficient (Wildman–Crippen LogP) is 8.77. The molecule has 0 atom stereocenters. The highest BCUT2D eigenvalue weighted by molar-refractivity contribution is 7.89. The molecule has 1 fully saturated rings. The SMILES string of the molecule is Cc1ccc(S(=O)(=O)N[C@H]2CC[C@@H](c3ccc(O[Si](C)(C)C(C)(C)C)cc3O[Si](C)(C)C(C)(C)C)CC2)cc1. The van der Waals surface area contributed by atoms with Crippen molar-refractivity contribution in [1.29, 1.82) is 0 Å². The molecule has 39 heavy (non-hydrogen) atoms. The van der Waals surface area contributed by atoms with Gasteiger partial charge in [0.05, 0.1) is 4.90 Å². The zero-order chi connectivity index (χ0) is 29.4. The average molecular weight is 590 g/mol. The minimum Gasteiger partial charge on any atom is -0.543 e. The molecule has 2 aromatic rings. The van der Waals surface area contributed by atoms with Crippen molar-refractivity contribution < 1.29 is 17.3 Å². The number of benzene rings is 2. The highest BCUT2D eigenvalue weighted by atomic mass is 32.2. The first kappa shape index (κ1) is 31.9. The Morgan fingerprint density at radius 3 is 1.79 bits per heavy atom. The van der Waals surface area contributed by atoms with E-state index in [-0.39, 0.29) is 16.1 Å². The standard InChI is InChI=1S/C31H51NO4SSi2/c1-23-12-19-27(20-13-23)37(33,34)32-25-16-14-24(15-17-25)28-21-18-26(35-38(8,9)30(2,3)4)22-29(28)36-39(10,11)31(5,6)7/h12-13,18-22,24-25,32H,14-17H2,1-11H3/t24-,25+. The molecule has 2 aromatic carbocycles. The Morgan fingerprint density at radius 2 is 1.28 bits per heavy atom. The van der Waals surface area contributed by atoms with Crippen LogP contribution in [0.3, 0.4) is 0 Å². The van der Waals surface area contributed by atoms with Crippen molar-refractivity contribution in [3.8, 4) is 11.5 Å². The van der Waals surface area contributed by atoms with Crippen LogP contribution < -0.4 is 13.6 Å². The summed E-state index contributed by atoms with van der Waals surface area (Å²) in [5, 5.41) is 0.183. The largest absolute Gasteiger partial charge is 0.543 e. The summed E-state index contributed by atoms with van der Waals surface area (Å²) in [6, 6.07) is 13.4. The molecule has 3 rings (SSSR count). The highest BCUT2D eigenvalue weighted by Crippen LogP contribution is 2.45. The molecule has 1 N–H and O–H groups in total. The topological polar surface area (TPSA) is 64.6 Å². The van der Waals surface area contributed by atoms with Gasteiger partial charge in [0, 0.05) is 12.1 Å². The number of hydrogen-bond acceptors (Lipinski definition) is 4. The molecule has 0 unspecified atom stereocenters. The molecule has 1 aliphatic rings. The summed E-state index contributed by atoms with van der Waals surface area (Å²) in [5.41, 5.74) is 2.27. The number of nitrogens with one attached hydrogen (secondary N) is 1. The van der Waals surface area contributed by atoms with Crippen LogP contribution in [0.2, 0.25) is 36.3 Å². The molecule has 1 saturated carbocycles. The summed E-state index contributed by atoms with van der Waals surface area (Å²) in [4.78, 5) is 0.331. The first-order valence-electron chi connectivity index (χ1n) is 14.3. The maximum absolute atomic E-state index is 13.0. The maximum atomic E-state index is 13.0. The summed E-state index contributed by atoms with van der Waals surface area (Å²) < 4.78 is 42.5. The minimum atomic E-state index is -3.52. The van der Waals surface area contributed by atoms with Gasteiger partial charge in [-0.25, -0.2) is 13.1 Å². The Balaban J connectivity index is 1.82. The Kier molecular flexibility index (Phi) is 9.28. The van der Waals surface area contributed by atoms with Gasteiger partial charge >= 0.3 is 0 Å². The van der Waals surface area contributed by atoms with Gasteiger partial charge in [0.15, 0.2) is 0 Å². The third-order valence-electron chi connectivity index (χ3n) is 9.16. The first-order chi connectivity index (χ1) is 17.7.